The maximum Gasteiger partial charge on any atom is 0.248 e. The normalized spacial score (nSPS) is 14.2. The standard InChI is InChI=1S/C13H25NO2/c1-6-7-8-9-11(4)16-12(5)14-13(15)10(2)3/h11-12H,2,6-9H2,1,3-5H3,(H,14,15). The minimum absolute atomic E-state index is 0.145. The van der Waals surface area contributed by atoms with Crippen molar-refractivity contribution in [1.29, 1.82) is 0 Å². The summed E-state index contributed by atoms with van der Waals surface area (Å²) in [7, 11) is 0. The van der Waals surface area contributed by atoms with Crippen LogP contribution in [0.5, 0.6) is 0 Å². The molecule has 0 heterocycles. The minimum atomic E-state index is -0.249. The van der Waals surface area contributed by atoms with Crippen LogP contribution in [0.25, 0.3) is 0 Å². The van der Waals surface area contributed by atoms with Crippen molar-refractivity contribution in [2.24, 2.45) is 0 Å². The van der Waals surface area contributed by atoms with E-state index in [0.717, 1.165) is 6.42 Å². The first-order valence-electron chi connectivity index (χ1n) is 6.09. The number of hydrogen-bond donors (Lipinski definition) is 1. The van der Waals surface area contributed by atoms with Crippen LogP contribution in [-0.2, 0) is 9.53 Å². The molecule has 0 aliphatic heterocycles. The molecule has 16 heavy (non-hydrogen) atoms. The van der Waals surface area contributed by atoms with Crippen molar-refractivity contribution in [3.8, 4) is 0 Å². The molecule has 0 rings (SSSR count). The summed E-state index contributed by atoms with van der Waals surface area (Å²) in [5.74, 6) is -0.145. The van der Waals surface area contributed by atoms with Crippen molar-refractivity contribution in [2.45, 2.75) is 65.7 Å². The number of rotatable bonds is 8. The molecule has 3 nitrogen and oxygen atoms in total. The minimum Gasteiger partial charge on any atom is -0.356 e. The number of carbonyl (C=O) groups excluding carboxylic acids is 1. The van der Waals surface area contributed by atoms with Crippen LogP contribution in [0.4, 0.5) is 0 Å². The van der Waals surface area contributed by atoms with E-state index in [1.807, 2.05) is 13.8 Å². The van der Waals surface area contributed by atoms with E-state index in [9.17, 15) is 4.79 Å². The van der Waals surface area contributed by atoms with Gasteiger partial charge in [0.05, 0.1) is 6.10 Å². The van der Waals surface area contributed by atoms with E-state index < -0.39 is 0 Å². The Kier molecular flexibility index (Phi) is 7.90. The lowest BCUT2D eigenvalue weighted by Crippen LogP contribution is -2.36. The smallest absolute Gasteiger partial charge is 0.248 e. The van der Waals surface area contributed by atoms with Gasteiger partial charge in [-0.2, -0.15) is 0 Å². The average Bonchev–Trinajstić information content (AvgIpc) is 2.17. The highest BCUT2D eigenvalue weighted by molar-refractivity contribution is 5.92. The first kappa shape index (κ1) is 15.2. The van der Waals surface area contributed by atoms with Crippen LogP contribution in [0.3, 0.4) is 0 Å². The van der Waals surface area contributed by atoms with Crippen LogP contribution in [0.1, 0.15) is 53.4 Å². The Balaban J connectivity index is 3.73. The molecule has 0 saturated heterocycles. The summed E-state index contributed by atoms with van der Waals surface area (Å²) in [6, 6.07) is 0. The van der Waals surface area contributed by atoms with Gasteiger partial charge in [-0.15, -0.1) is 0 Å². The zero-order valence-corrected chi connectivity index (χ0v) is 11.0. The molecule has 3 heteroatoms. The second kappa shape index (κ2) is 8.34. The predicted molar refractivity (Wildman–Crippen MR) is 67.1 cm³/mol. The molecule has 1 N–H and O–H groups in total. The van der Waals surface area contributed by atoms with Gasteiger partial charge < -0.3 is 10.1 Å². The molecular weight excluding hydrogens is 202 g/mol. The van der Waals surface area contributed by atoms with Gasteiger partial charge in [-0.05, 0) is 27.2 Å². The van der Waals surface area contributed by atoms with Crippen molar-refractivity contribution in [3.63, 3.8) is 0 Å². The van der Waals surface area contributed by atoms with E-state index in [-0.39, 0.29) is 18.2 Å². The number of ether oxygens (including phenoxy) is 1. The Bertz CT molecular complexity index is 226. The second-order valence-electron chi connectivity index (χ2n) is 4.34. The molecule has 0 spiro atoms. The molecule has 0 aromatic carbocycles. The fourth-order valence-corrected chi connectivity index (χ4v) is 1.44. The Labute approximate surface area is 99.3 Å². The summed E-state index contributed by atoms with van der Waals surface area (Å²) in [6.45, 7) is 11.3. The van der Waals surface area contributed by atoms with Crippen LogP contribution in [0, 0.1) is 0 Å². The fourth-order valence-electron chi connectivity index (χ4n) is 1.44. The van der Waals surface area contributed by atoms with Gasteiger partial charge in [0.1, 0.15) is 6.23 Å². The van der Waals surface area contributed by atoms with E-state index in [1.165, 1.54) is 19.3 Å². The van der Waals surface area contributed by atoms with Gasteiger partial charge >= 0.3 is 0 Å². The Morgan fingerprint density at radius 1 is 1.38 bits per heavy atom. The van der Waals surface area contributed by atoms with Gasteiger partial charge in [0.15, 0.2) is 0 Å². The summed E-state index contributed by atoms with van der Waals surface area (Å²) in [5, 5.41) is 2.74. The molecule has 0 aromatic heterocycles. The van der Waals surface area contributed by atoms with Gasteiger partial charge in [0.25, 0.3) is 0 Å². The third kappa shape index (κ3) is 7.46. The van der Waals surface area contributed by atoms with Gasteiger partial charge in [0, 0.05) is 5.57 Å². The van der Waals surface area contributed by atoms with Crippen molar-refractivity contribution in [2.75, 3.05) is 0 Å². The highest BCUT2D eigenvalue weighted by atomic mass is 16.5. The van der Waals surface area contributed by atoms with Gasteiger partial charge in [-0.1, -0.05) is 32.8 Å². The maximum atomic E-state index is 11.3. The highest BCUT2D eigenvalue weighted by Crippen LogP contribution is 2.07. The van der Waals surface area contributed by atoms with Crippen molar-refractivity contribution in [3.05, 3.63) is 12.2 Å². The molecule has 1 amide bonds. The zero-order chi connectivity index (χ0) is 12.6. The predicted octanol–water partition coefficient (Wildman–Crippen LogP) is 3.01. The van der Waals surface area contributed by atoms with Crippen molar-refractivity contribution in [1.82, 2.24) is 5.32 Å². The highest BCUT2D eigenvalue weighted by Gasteiger charge is 2.11. The average molecular weight is 227 g/mol. The SMILES string of the molecule is C=C(C)C(=O)NC(C)OC(C)CCCCC. The molecule has 0 aliphatic carbocycles. The number of nitrogens with one attached hydrogen (secondary N) is 1. The van der Waals surface area contributed by atoms with E-state index in [1.54, 1.807) is 6.92 Å². The molecule has 0 aliphatic rings. The lowest BCUT2D eigenvalue weighted by molar-refractivity contribution is -0.122. The molecule has 0 saturated carbocycles. The monoisotopic (exact) mass is 227 g/mol. The maximum absolute atomic E-state index is 11.3. The molecule has 0 aromatic rings. The fraction of sp³-hybridized carbons (Fsp3) is 0.769. The van der Waals surface area contributed by atoms with Crippen LogP contribution in [0.15, 0.2) is 12.2 Å². The third-order valence-corrected chi connectivity index (χ3v) is 2.37. The number of hydrogen-bond acceptors (Lipinski definition) is 2. The number of amides is 1. The molecule has 2 atom stereocenters. The Hall–Kier alpha value is -0.830. The molecule has 0 fully saturated rings. The summed E-state index contributed by atoms with van der Waals surface area (Å²) < 4.78 is 5.64. The molecule has 0 bridgehead atoms. The van der Waals surface area contributed by atoms with E-state index in [4.69, 9.17) is 4.74 Å². The summed E-state index contributed by atoms with van der Waals surface area (Å²) in [4.78, 5) is 11.3. The first-order valence-corrected chi connectivity index (χ1v) is 6.09. The lowest BCUT2D eigenvalue weighted by Gasteiger charge is -2.20. The Morgan fingerprint density at radius 3 is 2.50 bits per heavy atom. The summed E-state index contributed by atoms with van der Waals surface area (Å²) in [5.41, 5.74) is 0.508. The van der Waals surface area contributed by atoms with Gasteiger partial charge in [0.2, 0.25) is 5.91 Å². The molecule has 94 valence electrons. The van der Waals surface area contributed by atoms with E-state index in [2.05, 4.69) is 18.8 Å². The van der Waals surface area contributed by atoms with Crippen molar-refractivity contribution >= 4 is 5.91 Å². The van der Waals surface area contributed by atoms with Crippen LogP contribution >= 0.6 is 0 Å². The third-order valence-electron chi connectivity index (χ3n) is 2.37. The van der Waals surface area contributed by atoms with Gasteiger partial charge in [-0.3, -0.25) is 4.79 Å². The number of carbonyl (C=O) groups is 1. The van der Waals surface area contributed by atoms with E-state index in [0.29, 0.717) is 5.57 Å². The summed E-state index contributed by atoms with van der Waals surface area (Å²) >= 11 is 0. The first-order chi connectivity index (χ1) is 7.47. The topological polar surface area (TPSA) is 38.3 Å². The molecule has 0 radical (unpaired) electrons. The van der Waals surface area contributed by atoms with Gasteiger partial charge in [-0.25, -0.2) is 0 Å². The number of unbranched alkanes of at least 4 members (excludes halogenated alkanes) is 2. The quantitative estimate of drug-likeness (QED) is 0.393. The second-order valence-corrected chi connectivity index (χ2v) is 4.34. The molecular formula is C13H25NO2. The zero-order valence-electron chi connectivity index (χ0n) is 11.0. The van der Waals surface area contributed by atoms with E-state index >= 15 is 0 Å². The Morgan fingerprint density at radius 2 is 2.00 bits per heavy atom. The van der Waals surface area contributed by atoms with Crippen LogP contribution in [-0.4, -0.2) is 18.2 Å². The van der Waals surface area contributed by atoms with Crippen LogP contribution < -0.4 is 5.32 Å². The molecule has 2 unspecified atom stereocenters. The largest absolute Gasteiger partial charge is 0.356 e. The van der Waals surface area contributed by atoms with Crippen molar-refractivity contribution < 1.29 is 9.53 Å². The summed E-state index contributed by atoms with van der Waals surface area (Å²) in [6.07, 6.45) is 4.61. The van der Waals surface area contributed by atoms with Crippen LogP contribution in [0.2, 0.25) is 0 Å². The lowest BCUT2D eigenvalue weighted by atomic mass is 10.1.